The van der Waals surface area contributed by atoms with Gasteiger partial charge in [-0.2, -0.15) is 0 Å². The molecule has 0 aromatic carbocycles. The molecule has 0 aliphatic rings. The molecule has 2 heterocycles. The van der Waals surface area contributed by atoms with E-state index in [1.54, 1.807) is 38.4 Å². The van der Waals surface area contributed by atoms with Crippen LogP contribution in [0.1, 0.15) is 22.6 Å². The van der Waals surface area contributed by atoms with Gasteiger partial charge in [-0.25, -0.2) is 4.79 Å². The van der Waals surface area contributed by atoms with Gasteiger partial charge in [0.25, 0.3) is 0 Å². The van der Waals surface area contributed by atoms with E-state index in [1.807, 2.05) is 0 Å². The highest BCUT2D eigenvalue weighted by Crippen LogP contribution is 2.13. The average molecular weight is 303 g/mol. The summed E-state index contributed by atoms with van der Waals surface area (Å²) in [6.07, 6.45) is 3.41. The zero-order chi connectivity index (χ0) is 16.1. The Morgan fingerprint density at radius 3 is 2.55 bits per heavy atom. The molecule has 7 heteroatoms. The molecule has 0 fully saturated rings. The maximum Gasteiger partial charge on any atom is 0.326 e. The number of hydrogen-bond donors (Lipinski definition) is 2. The summed E-state index contributed by atoms with van der Waals surface area (Å²) < 4.78 is 4.99. The van der Waals surface area contributed by atoms with Crippen molar-refractivity contribution in [1.82, 2.24) is 15.5 Å². The number of hydrogen-bond acceptors (Lipinski definition) is 5. The molecule has 0 saturated heterocycles. The third-order valence-electron chi connectivity index (χ3n) is 3.34. The molecule has 2 rings (SSSR count). The zero-order valence-corrected chi connectivity index (χ0v) is 12.4. The molecular weight excluding hydrogens is 286 g/mol. The summed E-state index contributed by atoms with van der Waals surface area (Å²) in [4.78, 5) is 27.3. The second-order valence-electron chi connectivity index (χ2n) is 5.00. The molecule has 0 aliphatic heterocycles. The minimum Gasteiger partial charge on any atom is -0.480 e. The number of aliphatic carboxylic acids is 1. The summed E-state index contributed by atoms with van der Waals surface area (Å²) in [5, 5.41) is 15.6. The van der Waals surface area contributed by atoms with Crippen LogP contribution in [0.2, 0.25) is 0 Å². The number of nitrogens with zero attached hydrogens (tertiary/aromatic N) is 2. The SMILES string of the molecule is Cc1noc(C)c1CC(=O)NC(Cc1ccncc1)C(=O)O. The molecule has 116 valence electrons. The maximum atomic E-state index is 12.1. The van der Waals surface area contributed by atoms with Crippen LogP contribution >= 0.6 is 0 Å². The van der Waals surface area contributed by atoms with Crippen LogP contribution in [0.4, 0.5) is 0 Å². The fourth-order valence-corrected chi connectivity index (χ4v) is 2.11. The van der Waals surface area contributed by atoms with Crippen LogP contribution in [-0.4, -0.2) is 33.2 Å². The minimum absolute atomic E-state index is 0.0429. The van der Waals surface area contributed by atoms with E-state index in [9.17, 15) is 14.7 Å². The van der Waals surface area contributed by atoms with Crippen molar-refractivity contribution >= 4 is 11.9 Å². The van der Waals surface area contributed by atoms with Gasteiger partial charge in [-0.1, -0.05) is 5.16 Å². The fourth-order valence-electron chi connectivity index (χ4n) is 2.11. The number of aryl methyl sites for hydroxylation is 2. The van der Waals surface area contributed by atoms with Gasteiger partial charge < -0.3 is 14.9 Å². The van der Waals surface area contributed by atoms with Gasteiger partial charge in [-0.15, -0.1) is 0 Å². The highest BCUT2D eigenvalue weighted by atomic mass is 16.5. The van der Waals surface area contributed by atoms with Crippen molar-refractivity contribution < 1.29 is 19.2 Å². The number of nitrogens with one attached hydrogen (secondary N) is 1. The Morgan fingerprint density at radius 1 is 1.32 bits per heavy atom. The van der Waals surface area contributed by atoms with E-state index >= 15 is 0 Å². The van der Waals surface area contributed by atoms with Gasteiger partial charge >= 0.3 is 5.97 Å². The van der Waals surface area contributed by atoms with Crippen LogP contribution in [0.15, 0.2) is 29.0 Å². The molecule has 2 aromatic rings. The van der Waals surface area contributed by atoms with Gasteiger partial charge in [0, 0.05) is 24.4 Å². The van der Waals surface area contributed by atoms with Crippen molar-refractivity contribution in [3.8, 4) is 0 Å². The summed E-state index contributed by atoms with van der Waals surface area (Å²) in [6.45, 7) is 3.46. The minimum atomic E-state index is -1.08. The molecule has 0 radical (unpaired) electrons. The highest BCUT2D eigenvalue weighted by molar-refractivity contribution is 5.85. The lowest BCUT2D eigenvalue weighted by molar-refractivity contribution is -0.141. The number of carboxylic acids is 1. The van der Waals surface area contributed by atoms with Crippen LogP contribution in [-0.2, 0) is 22.4 Å². The van der Waals surface area contributed by atoms with E-state index in [0.717, 1.165) is 5.56 Å². The van der Waals surface area contributed by atoms with Crippen molar-refractivity contribution in [2.24, 2.45) is 0 Å². The fraction of sp³-hybridized carbons (Fsp3) is 0.333. The molecule has 1 amide bonds. The van der Waals surface area contributed by atoms with E-state index in [1.165, 1.54) is 0 Å². The van der Waals surface area contributed by atoms with Crippen LogP contribution in [0.25, 0.3) is 0 Å². The third-order valence-corrected chi connectivity index (χ3v) is 3.34. The Balaban J connectivity index is 2.02. The van der Waals surface area contributed by atoms with E-state index < -0.39 is 12.0 Å². The Hall–Kier alpha value is -2.70. The van der Waals surface area contributed by atoms with E-state index in [-0.39, 0.29) is 18.7 Å². The van der Waals surface area contributed by atoms with Gasteiger partial charge in [0.05, 0.1) is 12.1 Å². The summed E-state index contributed by atoms with van der Waals surface area (Å²) in [6, 6.07) is 2.45. The first-order valence-electron chi connectivity index (χ1n) is 6.80. The molecular formula is C15H17N3O4. The summed E-state index contributed by atoms with van der Waals surface area (Å²) >= 11 is 0. The number of aromatic nitrogens is 2. The lowest BCUT2D eigenvalue weighted by Crippen LogP contribution is -2.43. The van der Waals surface area contributed by atoms with Crippen LogP contribution < -0.4 is 5.32 Å². The summed E-state index contributed by atoms with van der Waals surface area (Å²) in [7, 11) is 0. The molecule has 1 atom stereocenters. The van der Waals surface area contributed by atoms with Gasteiger partial charge in [0.1, 0.15) is 11.8 Å². The van der Waals surface area contributed by atoms with E-state index in [0.29, 0.717) is 17.0 Å². The maximum absolute atomic E-state index is 12.1. The lowest BCUT2D eigenvalue weighted by Gasteiger charge is -2.14. The number of carboxylic acid groups (broad SMARTS) is 1. The predicted molar refractivity (Wildman–Crippen MR) is 77.2 cm³/mol. The highest BCUT2D eigenvalue weighted by Gasteiger charge is 2.22. The largest absolute Gasteiger partial charge is 0.480 e. The van der Waals surface area contributed by atoms with E-state index in [2.05, 4.69) is 15.5 Å². The molecule has 7 nitrogen and oxygen atoms in total. The number of pyridine rings is 1. The van der Waals surface area contributed by atoms with Crippen molar-refractivity contribution in [2.75, 3.05) is 0 Å². The zero-order valence-electron chi connectivity index (χ0n) is 12.4. The first kappa shape index (κ1) is 15.7. The van der Waals surface area contributed by atoms with Crippen molar-refractivity contribution in [3.05, 3.63) is 47.1 Å². The Bertz CT molecular complexity index is 647. The second-order valence-corrected chi connectivity index (χ2v) is 5.00. The Kier molecular flexibility index (Phi) is 4.88. The van der Waals surface area contributed by atoms with Crippen LogP contribution in [0.5, 0.6) is 0 Å². The molecule has 0 aliphatic carbocycles. The molecule has 22 heavy (non-hydrogen) atoms. The van der Waals surface area contributed by atoms with Gasteiger partial charge in [-0.3, -0.25) is 9.78 Å². The van der Waals surface area contributed by atoms with Crippen LogP contribution in [0.3, 0.4) is 0 Å². The standard InChI is InChI=1S/C15H17N3O4/c1-9-12(10(2)22-18-9)8-14(19)17-13(15(20)21)7-11-3-5-16-6-4-11/h3-6,13H,7-8H2,1-2H3,(H,17,19)(H,20,21). The summed E-state index contributed by atoms with van der Waals surface area (Å²) in [5.41, 5.74) is 2.11. The van der Waals surface area contributed by atoms with Crippen molar-refractivity contribution in [2.45, 2.75) is 32.7 Å². The molecule has 0 spiro atoms. The van der Waals surface area contributed by atoms with E-state index in [4.69, 9.17) is 4.52 Å². The number of carbonyl (C=O) groups excluding carboxylic acids is 1. The van der Waals surface area contributed by atoms with Gasteiger partial charge in [0.15, 0.2) is 0 Å². The topological polar surface area (TPSA) is 105 Å². The number of carbonyl (C=O) groups is 2. The van der Waals surface area contributed by atoms with Gasteiger partial charge in [0.2, 0.25) is 5.91 Å². The predicted octanol–water partition coefficient (Wildman–Crippen LogP) is 1.04. The normalized spacial score (nSPS) is 11.9. The average Bonchev–Trinajstić information content (AvgIpc) is 2.79. The molecule has 2 N–H and O–H groups in total. The first-order valence-corrected chi connectivity index (χ1v) is 6.80. The lowest BCUT2D eigenvalue weighted by atomic mass is 10.1. The first-order chi connectivity index (χ1) is 10.5. The number of rotatable bonds is 6. The Labute approximate surface area is 127 Å². The quantitative estimate of drug-likeness (QED) is 0.826. The third kappa shape index (κ3) is 3.91. The molecule has 2 aromatic heterocycles. The number of amides is 1. The molecule has 0 saturated carbocycles. The molecule has 1 unspecified atom stereocenters. The molecule has 0 bridgehead atoms. The van der Waals surface area contributed by atoms with Crippen molar-refractivity contribution in [3.63, 3.8) is 0 Å². The summed E-state index contributed by atoms with van der Waals surface area (Å²) in [5.74, 6) is -0.895. The van der Waals surface area contributed by atoms with Gasteiger partial charge in [-0.05, 0) is 31.5 Å². The monoisotopic (exact) mass is 303 g/mol. The second kappa shape index (κ2) is 6.84. The smallest absolute Gasteiger partial charge is 0.326 e. The van der Waals surface area contributed by atoms with Crippen molar-refractivity contribution in [1.29, 1.82) is 0 Å². The van der Waals surface area contributed by atoms with Crippen LogP contribution in [0, 0.1) is 13.8 Å². The Morgan fingerprint density at radius 2 is 2.00 bits per heavy atom.